The van der Waals surface area contributed by atoms with Gasteiger partial charge in [0.05, 0.1) is 11.8 Å². The highest BCUT2D eigenvalue weighted by molar-refractivity contribution is 5.81. The summed E-state index contributed by atoms with van der Waals surface area (Å²) in [7, 11) is 0. The van der Waals surface area contributed by atoms with Gasteiger partial charge in [-0.1, -0.05) is 60.1 Å². The van der Waals surface area contributed by atoms with Crippen LogP contribution in [0.1, 0.15) is 159 Å². The molecule has 6 rings (SSSR count). The van der Waals surface area contributed by atoms with E-state index in [1.807, 2.05) is 0 Å². The topological polar surface area (TPSA) is 66.8 Å². The van der Waals surface area contributed by atoms with Crippen molar-refractivity contribution in [2.45, 2.75) is 165 Å². The second kappa shape index (κ2) is 12.9. The predicted octanol–water partition coefficient (Wildman–Crippen LogP) is 10.6. The van der Waals surface area contributed by atoms with E-state index in [9.17, 15) is 14.7 Å². The fourth-order valence-corrected chi connectivity index (χ4v) is 14.5. The Morgan fingerprint density at radius 2 is 1.55 bits per heavy atom. The number of likely N-dealkylation sites (tertiary alicyclic amines) is 1. The molecular weight excluding hydrogens is 606 g/mol. The highest BCUT2D eigenvalue weighted by atomic mass is 16.5. The van der Waals surface area contributed by atoms with E-state index in [4.69, 9.17) is 4.74 Å². The van der Waals surface area contributed by atoms with Crippen LogP contribution < -0.4 is 0 Å². The fraction of sp³-hybridized carbons (Fsp3) is 0.909. The molecule has 5 aliphatic carbocycles. The molecule has 0 aromatic rings. The normalized spacial score (nSPS) is 43.9. The average Bonchev–Trinajstić information content (AvgIpc) is 3.42. The van der Waals surface area contributed by atoms with Crippen molar-refractivity contribution in [1.82, 2.24) is 4.90 Å². The first-order chi connectivity index (χ1) is 22.8. The molecule has 5 nitrogen and oxygen atoms in total. The van der Waals surface area contributed by atoms with Crippen molar-refractivity contribution >= 4 is 11.9 Å². The van der Waals surface area contributed by atoms with Crippen LogP contribution in [0, 0.1) is 68.0 Å². The summed E-state index contributed by atoms with van der Waals surface area (Å²) in [5.74, 6) is 3.04. The van der Waals surface area contributed by atoms with Crippen molar-refractivity contribution in [3.05, 3.63) is 12.2 Å². The maximum Gasteiger partial charge on any atom is 0.309 e. The summed E-state index contributed by atoms with van der Waals surface area (Å²) in [5, 5.41) is 9.61. The quantitative estimate of drug-likeness (QED) is 0.194. The van der Waals surface area contributed by atoms with Crippen LogP contribution in [0.3, 0.4) is 0 Å². The van der Waals surface area contributed by atoms with Gasteiger partial charge < -0.3 is 14.7 Å². The molecule has 278 valence electrons. The molecule has 0 aromatic carbocycles. The molecule has 1 heterocycles. The van der Waals surface area contributed by atoms with Gasteiger partial charge in [0, 0.05) is 5.41 Å². The largest absolute Gasteiger partial charge is 0.481 e. The minimum Gasteiger partial charge on any atom is -0.481 e. The molecule has 1 saturated heterocycles. The number of hydrogen-bond acceptors (Lipinski definition) is 4. The number of piperidine rings is 1. The van der Waals surface area contributed by atoms with Gasteiger partial charge >= 0.3 is 11.9 Å². The zero-order valence-corrected chi connectivity index (χ0v) is 33.1. The second-order valence-electron chi connectivity index (χ2n) is 20.7. The standard InChI is InChI=1S/C44H73NO4/c1-11-30-17-25-45(26-18-30)27-24-44-21-14-31(29(2)3)37(44)32-12-13-34-41(8)19-16-35(49-36(46)28-39(4,5)38(47)48)40(6,7)33(41)15-20-43(34,10)42(32,9)22-23-44/h30-35,37H,2,11-28H2,1,3-10H3,(H,47,48)/t31-,32+,33-,34+,35-,37+,41-,42+,43+,44+/m0/s1. The molecule has 6 aliphatic rings. The first-order valence-corrected chi connectivity index (χ1v) is 20.7. The van der Waals surface area contributed by atoms with Crippen LogP contribution in [-0.2, 0) is 14.3 Å². The van der Waals surface area contributed by atoms with Crippen LogP contribution in [0.25, 0.3) is 0 Å². The van der Waals surface area contributed by atoms with Crippen molar-refractivity contribution in [1.29, 1.82) is 0 Å². The molecule has 0 spiro atoms. The Morgan fingerprint density at radius 3 is 2.18 bits per heavy atom. The summed E-state index contributed by atoms with van der Waals surface area (Å²) in [6.45, 7) is 29.3. The van der Waals surface area contributed by atoms with E-state index in [2.05, 4.69) is 59.9 Å². The second-order valence-corrected chi connectivity index (χ2v) is 20.7. The highest BCUT2D eigenvalue weighted by Crippen LogP contribution is 2.78. The minimum absolute atomic E-state index is 0.0809. The van der Waals surface area contributed by atoms with Gasteiger partial charge in [-0.2, -0.15) is 0 Å². The van der Waals surface area contributed by atoms with Gasteiger partial charge in [0.25, 0.3) is 0 Å². The van der Waals surface area contributed by atoms with Crippen LogP contribution in [-0.4, -0.2) is 47.7 Å². The molecule has 5 saturated carbocycles. The maximum atomic E-state index is 13.1. The lowest BCUT2D eigenvalue weighted by molar-refractivity contribution is -0.250. The molecule has 0 radical (unpaired) electrons. The van der Waals surface area contributed by atoms with Gasteiger partial charge in [-0.3, -0.25) is 9.59 Å². The molecule has 5 heteroatoms. The zero-order valence-electron chi connectivity index (χ0n) is 33.1. The lowest BCUT2D eigenvalue weighted by atomic mass is 9.32. The van der Waals surface area contributed by atoms with Crippen LogP contribution in [0.15, 0.2) is 12.2 Å². The number of carboxylic acid groups (broad SMARTS) is 1. The number of hydrogen-bond donors (Lipinski definition) is 1. The molecule has 10 atom stereocenters. The van der Waals surface area contributed by atoms with E-state index < -0.39 is 11.4 Å². The number of carbonyl (C=O) groups excluding carboxylic acids is 1. The van der Waals surface area contributed by atoms with Crippen LogP contribution >= 0.6 is 0 Å². The third-order valence-electron chi connectivity index (χ3n) is 17.8. The fourth-order valence-electron chi connectivity index (χ4n) is 14.5. The first kappa shape index (κ1) is 37.4. The molecule has 1 N–H and O–H groups in total. The minimum atomic E-state index is -1.11. The number of fused-ring (bicyclic) bond motifs is 7. The smallest absolute Gasteiger partial charge is 0.309 e. The number of carboxylic acids is 1. The van der Waals surface area contributed by atoms with Crippen molar-refractivity contribution in [3.63, 3.8) is 0 Å². The Hall–Kier alpha value is -1.36. The van der Waals surface area contributed by atoms with Crippen LogP contribution in [0.4, 0.5) is 0 Å². The molecule has 0 bridgehead atoms. The van der Waals surface area contributed by atoms with Gasteiger partial charge in [-0.25, -0.2) is 0 Å². The Balaban J connectivity index is 1.22. The Kier molecular flexibility index (Phi) is 9.88. The molecule has 0 unspecified atom stereocenters. The number of allylic oxidation sites excluding steroid dienone is 1. The number of esters is 1. The molecule has 0 aromatic heterocycles. The average molecular weight is 680 g/mol. The maximum absolute atomic E-state index is 13.1. The van der Waals surface area contributed by atoms with Gasteiger partial charge in [0.2, 0.25) is 0 Å². The number of carbonyl (C=O) groups is 2. The van der Waals surface area contributed by atoms with Gasteiger partial charge in [0.15, 0.2) is 0 Å². The van der Waals surface area contributed by atoms with E-state index in [1.165, 1.54) is 102 Å². The lowest BCUT2D eigenvalue weighted by Crippen LogP contribution is -2.66. The van der Waals surface area contributed by atoms with E-state index in [0.29, 0.717) is 34.0 Å². The Morgan fingerprint density at radius 1 is 0.857 bits per heavy atom. The molecule has 6 fully saturated rings. The monoisotopic (exact) mass is 680 g/mol. The number of ether oxygens (including phenoxy) is 1. The lowest BCUT2D eigenvalue weighted by Gasteiger charge is -2.73. The van der Waals surface area contributed by atoms with E-state index in [0.717, 1.165) is 30.6 Å². The van der Waals surface area contributed by atoms with Crippen molar-refractivity contribution in [2.24, 2.45) is 68.0 Å². The van der Waals surface area contributed by atoms with Crippen LogP contribution in [0.5, 0.6) is 0 Å². The summed E-state index contributed by atoms with van der Waals surface area (Å²) in [4.78, 5) is 27.6. The molecule has 1 aliphatic heterocycles. The summed E-state index contributed by atoms with van der Waals surface area (Å²) in [6, 6.07) is 0. The highest BCUT2D eigenvalue weighted by Gasteiger charge is 2.71. The van der Waals surface area contributed by atoms with E-state index in [1.54, 1.807) is 13.8 Å². The third kappa shape index (κ3) is 5.98. The van der Waals surface area contributed by atoms with E-state index in [-0.39, 0.29) is 29.3 Å². The molecule has 49 heavy (non-hydrogen) atoms. The van der Waals surface area contributed by atoms with E-state index >= 15 is 0 Å². The van der Waals surface area contributed by atoms with Gasteiger partial charge in [-0.05, 0) is 181 Å². The Bertz CT molecular complexity index is 1280. The van der Waals surface area contributed by atoms with Crippen LogP contribution in [0.2, 0.25) is 0 Å². The number of rotatable bonds is 9. The Labute approximate surface area is 300 Å². The van der Waals surface area contributed by atoms with Crippen molar-refractivity contribution in [2.75, 3.05) is 19.6 Å². The molecular formula is C44H73NO4. The summed E-state index contributed by atoms with van der Waals surface area (Å²) >= 11 is 0. The predicted molar refractivity (Wildman–Crippen MR) is 199 cm³/mol. The van der Waals surface area contributed by atoms with Gasteiger partial charge in [0.1, 0.15) is 6.10 Å². The van der Waals surface area contributed by atoms with Crippen molar-refractivity contribution < 1.29 is 19.4 Å². The summed E-state index contributed by atoms with van der Waals surface area (Å²) in [5.41, 5.74) is 1.54. The SMILES string of the molecule is C=C(C)[C@@H]1CC[C@]2(CCN3CCC(CC)CC3)CC[C@]3(C)[C@H](CC[C@@H]4[C@@]5(C)CC[C@H](OC(=O)CC(C)(C)C(=O)O)C(C)(C)[C@@H]5CC[C@]43C)[C@@H]12. The van der Waals surface area contributed by atoms with Crippen molar-refractivity contribution in [3.8, 4) is 0 Å². The molecule has 0 amide bonds. The third-order valence-corrected chi connectivity index (χ3v) is 17.8. The zero-order chi connectivity index (χ0) is 35.8. The first-order valence-electron chi connectivity index (χ1n) is 20.7. The summed E-state index contributed by atoms with van der Waals surface area (Å²) in [6.07, 6.45) is 18.0. The number of aliphatic carboxylic acids is 1. The number of nitrogens with zero attached hydrogens (tertiary/aromatic N) is 1. The van der Waals surface area contributed by atoms with Gasteiger partial charge in [-0.15, -0.1) is 0 Å². The summed E-state index contributed by atoms with van der Waals surface area (Å²) < 4.78 is 6.21.